The maximum absolute atomic E-state index is 11.9. The number of thiazole rings is 1. The van der Waals surface area contributed by atoms with Crippen molar-refractivity contribution in [3.05, 3.63) is 27.5 Å². The monoisotopic (exact) mass is 224 g/mol. The van der Waals surface area contributed by atoms with Crippen molar-refractivity contribution in [2.45, 2.75) is 26.8 Å². The van der Waals surface area contributed by atoms with Crippen LogP contribution in [0, 0.1) is 0 Å². The van der Waals surface area contributed by atoms with Gasteiger partial charge in [0.05, 0.1) is 18.0 Å². The number of nitrogens with zero attached hydrogens (tertiary/aromatic N) is 2. The minimum absolute atomic E-state index is 0.146. The average Bonchev–Trinajstić information content (AvgIpc) is 2.68. The SMILES string of the molecule is CCc1c([O-])[n+](CC)c2sccn2c1=O. The van der Waals surface area contributed by atoms with Crippen LogP contribution >= 0.6 is 11.3 Å². The minimum atomic E-state index is -0.177. The topological polar surface area (TPSA) is 48.4 Å². The Morgan fingerprint density at radius 1 is 1.53 bits per heavy atom. The van der Waals surface area contributed by atoms with Gasteiger partial charge in [-0.25, -0.2) is 9.36 Å². The second kappa shape index (κ2) is 3.66. The first-order valence-electron chi connectivity index (χ1n) is 4.92. The van der Waals surface area contributed by atoms with E-state index >= 15 is 0 Å². The van der Waals surface area contributed by atoms with Crippen LogP contribution in [0.5, 0.6) is 5.88 Å². The summed E-state index contributed by atoms with van der Waals surface area (Å²) in [4.78, 5) is 12.6. The standard InChI is InChI=1S/C10H12N2O2S/c1-3-7-8(13)11(4-2)10-12(9(7)14)5-6-15-10/h5-6H,3-4H2,1-2H3. The van der Waals surface area contributed by atoms with E-state index in [4.69, 9.17) is 0 Å². The highest BCUT2D eigenvalue weighted by molar-refractivity contribution is 7.14. The average molecular weight is 224 g/mol. The van der Waals surface area contributed by atoms with Crippen LogP contribution < -0.4 is 15.2 Å². The molecule has 0 aliphatic rings. The van der Waals surface area contributed by atoms with E-state index in [0.29, 0.717) is 23.5 Å². The Morgan fingerprint density at radius 2 is 2.27 bits per heavy atom. The third-order valence-electron chi connectivity index (χ3n) is 2.47. The Hall–Kier alpha value is -1.36. The highest BCUT2D eigenvalue weighted by Crippen LogP contribution is 2.10. The Morgan fingerprint density at radius 3 is 2.87 bits per heavy atom. The Kier molecular flexibility index (Phi) is 2.48. The van der Waals surface area contributed by atoms with Crippen LogP contribution in [0.2, 0.25) is 0 Å². The largest absolute Gasteiger partial charge is 0.842 e. The molecule has 0 saturated carbocycles. The smallest absolute Gasteiger partial charge is 0.348 e. The van der Waals surface area contributed by atoms with Gasteiger partial charge in [-0.15, -0.1) is 0 Å². The van der Waals surface area contributed by atoms with Gasteiger partial charge in [0.15, 0.2) is 0 Å². The maximum atomic E-state index is 11.9. The number of hydrogen-bond acceptors (Lipinski definition) is 3. The van der Waals surface area contributed by atoms with Gasteiger partial charge < -0.3 is 5.11 Å². The Balaban J connectivity index is 2.97. The number of aromatic nitrogens is 2. The molecule has 0 amide bonds. The van der Waals surface area contributed by atoms with Crippen molar-refractivity contribution in [3.63, 3.8) is 0 Å². The molecular weight excluding hydrogens is 212 g/mol. The predicted molar refractivity (Wildman–Crippen MR) is 56.2 cm³/mol. The summed E-state index contributed by atoms with van der Waals surface area (Å²) in [5.41, 5.74) is 0.191. The molecule has 2 aromatic rings. The predicted octanol–water partition coefficient (Wildman–Crippen LogP) is 0.304. The lowest BCUT2D eigenvalue weighted by atomic mass is 10.2. The number of hydrogen-bond donors (Lipinski definition) is 0. The van der Waals surface area contributed by atoms with Crippen LogP contribution in [0.25, 0.3) is 4.96 Å². The van der Waals surface area contributed by atoms with Gasteiger partial charge in [0.2, 0.25) is 0 Å². The molecule has 0 atom stereocenters. The first-order chi connectivity index (χ1) is 7.20. The van der Waals surface area contributed by atoms with Crippen molar-refractivity contribution in [2.24, 2.45) is 0 Å². The van der Waals surface area contributed by atoms with Gasteiger partial charge in [0.25, 0.3) is 0 Å². The molecule has 15 heavy (non-hydrogen) atoms. The highest BCUT2D eigenvalue weighted by Gasteiger charge is 2.17. The van der Waals surface area contributed by atoms with Gasteiger partial charge in [-0.2, -0.15) is 4.40 Å². The zero-order chi connectivity index (χ0) is 11.0. The zero-order valence-electron chi connectivity index (χ0n) is 8.69. The van der Waals surface area contributed by atoms with E-state index in [0.717, 1.165) is 0 Å². The molecule has 0 fully saturated rings. The molecule has 2 rings (SSSR count). The summed E-state index contributed by atoms with van der Waals surface area (Å²) in [6, 6.07) is 0. The van der Waals surface area contributed by atoms with Crippen LogP contribution in [0.4, 0.5) is 0 Å². The molecule has 80 valence electrons. The highest BCUT2D eigenvalue weighted by atomic mass is 32.1. The van der Waals surface area contributed by atoms with Gasteiger partial charge in [-0.3, -0.25) is 0 Å². The van der Waals surface area contributed by atoms with Crippen LogP contribution in [0.1, 0.15) is 19.4 Å². The van der Waals surface area contributed by atoms with E-state index in [1.54, 1.807) is 15.2 Å². The summed E-state index contributed by atoms with van der Waals surface area (Å²) in [6.07, 6.45) is 2.20. The van der Waals surface area contributed by atoms with Crippen LogP contribution in [0.15, 0.2) is 16.4 Å². The van der Waals surface area contributed by atoms with Crippen molar-refractivity contribution >= 4 is 16.3 Å². The second-order valence-corrected chi connectivity index (χ2v) is 4.12. The van der Waals surface area contributed by atoms with E-state index in [1.807, 2.05) is 19.2 Å². The summed E-state index contributed by atoms with van der Waals surface area (Å²) < 4.78 is 3.19. The van der Waals surface area contributed by atoms with Crippen LogP contribution in [0.3, 0.4) is 0 Å². The van der Waals surface area contributed by atoms with Gasteiger partial charge in [0, 0.05) is 5.38 Å². The maximum Gasteiger partial charge on any atom is 0.348 e. The summed E-state index contributed by atoms with van der Waals surface area (Å²) >= 11 is 1.41. The molecule has 0 aliphatic carbocycles. The Bertz CT molecular complexity index is 556. The zero-order valence-corrected chi connectivity index (χ0v) is 9.50. The quantitative estimate of drug-likeness (QED) is 0.689. The van der Waals surface area contributed by atoms with Crippen LogP contribution in [-0.2, 0) is 13.0 Å². The van der Waals surface area contributed by atoms with Gasteiger partial charge in [-0.1, -0.05) is 18.3 Å². The lowest BCUT2D eigenvalue weighted by Crippen LogP contribution is -2.42. The molecule has 0 N–H and O–H groups in total. The van der Waals surface area contributed by atoms with E-state index < -0.39 is 0 Å². The van der Waals surface area contributed by atoms with Crippen molar-refractivity contribution in [3.8, 4) is 5.88 Å². The number of fused-ring (bicyclic) bond motifs is 1. The van der Waals surface area contributed by atoms with E-state index in [2.05, 4.69) is 0 Å². The van der Waals surface area contributed by atoms with E-state index in [-0.39, 0.29) is 11.4 Å². The summed E-state index contributed by atoms with van der Waals surface area (Å²) in [7, 11) is 0. The first kappa shape index (κ1) is 10.2. The molecule has 0 aromatic carbocycles. The third kappa shape index (κ3) is 1.34. The fourth-order valence-electron chi connectivity index (χ4n) is 1.69. The number of rotatable bonds is 2. The fourth-order valence-corrected chi connectivity index (χ4v) is 2.59. The lowest BCUT2D eigenvalue weighted by molar-refractivity contribution is -0.712. The summed E-state index contributed by atoms with van der Waals surface area (Å²) in [6.45, 7) is 4.33. The molecular formula is C10H12N2O2S. The molecule has 0 unspecified atom stereocenters. The molecule has 0 aliphatic heterocycles. The molecule has 0 spiro atoms. The second-order valence-electron chi connectivity index (χ2n) is 3.24. The normalized spacial score (nSPS) is 11.1. The molecule has 0 bridgehead atoms. The van der Waals surface area contributed by atoms with E-state index in [9.17, 15) is 9.90 Å². The Labute approximate surface area is 91.0 Å². The lowest BCUT2D eigenvalue weighted by Gasteiger charge is -2.12. The fraction of sp³-hybridized carbons (Fsp3) is 0.400. The molecule has 4 nitrogen and oxygen atoms in total. The minimum Gasteiger partial charge on any atom is -0.842 e. The molecule has 2 heterocycles. The number of aryl methyl sites for hydroxylation is 1. The van der Waals surface area contributed by atoms with Crippen LogP contribution in [-0.4, -0.2) is 4.40 Å². The van der Waals surface area contributed by atoms with Gasteiger partial charge >= 0.3 is 10.5 Å². The van der Waals surface area contributed by atoms with Crippen molar-refractivity contribution in [1.29, 1.82) is 0 Å². The summed E-state index contributed by atoms with van der Waals surface area (Å²) in [5, 5.41) is 13.7. The summed E-state index contributed by atoms with van der Waals surface area (Å²) in [5.74, 6) is -0.146. The molecule has 0 radical (unpaired) electrons. The first-order valence-corrected chi connectivity index (χ1v) is 5.80. The van der Waals surface area contributed by atoms with E-state index in [1.165, 1.54) is 11.3 Å². The third-order valence-corrected chi connectivity index (χ3v) is 3.36. The molecule has 2 aromatic heterocycles. The molecule has 0 saturated heterocycles. The van der Waals surface area contributed by atoms with Crippen molar-refractivity contribution < 1.29 is 9.67 Å². The van der Waals surface area contributed by atoms with Crippen molar-refractivity contribution in [1.82, 2.24) is 4.40 Å². The van der Waals surface area contributed by atoms with Gasteiger partial charge in [-0.05, 0) is 13.3 Å². The van der Waals surface area contributed by atoms with Gasteiger partial charge in [0.1, 0.15) is 6.20 Å². The van der Waals surface area contributed by atoms with Crippen molar-refractivity contribution in [2.75, 3.05) is 0 Å². The molecule has 5 heteroatoms.